The molecule has 1 aliphatic carbocycles. The minimum atomic E-state index is -0.790. The van der Waals surface area contributed by atoms with Crippen LogP contribution < -0.4 is 4.74 Å². The number of carboxylic acid groups (broad SMARTS) is 1. The van der Waals surface area contributed by atoms with E-state index in [0.717, 1.165) is 6.42 Å². The quantitative estimate of drug-likeness (QED) is 0.917. The maximum Gasteiger partial charge on any atom is 0.306 e. The molecule has 1 aromatic carbocycles. The first-order chi connectivity index (χ1) is 11.0. The van der Waals surface area contributed by atoms with Crippen LogP contribution in [0.4, 0.5) is 0 Å². The maximum atomic E-state index is 12.5. The van der Waals surface area contributed by atoms with Gasteiger partial charge in [-0.25, -0.2) is 0 Å². The van der Waals surface area contributed by atoms with Gasteiger partial charge in [0.25, 0.3) is 0 Å². The summed E-state index contributed by atoms with van der Waals surface area (Å²) in [5.74, 6) is -0.613. The average molecular weight is 338 g/mol. The highest BCUT2D eigenvalue weighted by atomic mass is 35.5. The number of ether oxygens (including phenoxy) is 1. The van der Waals surface area contributed by atoms with E-state index in [0.29, 0.717) is 43.1 Å². The second-order valence-corrected chi connectivity index (χ2v) is 6.70. The number of para-hydroxylation sites is 1. The van der Waals surface area contributed by atoms with Crippen molar-refractivity contribution in [1.82, 2.24) is 4.90 Å². The van der Waals surface area contributed by atoms with Crippen molar-refractivity contribution in [3.63, 3.8) is 0 Å². The number of nitrogens with zero attached hydrogens (tertiary/aromatic N) is 1. The molecule has 1 saturated carbocycles. The van der Waals surface area contributed by atoms with Crippen LogP contribution in [0.2, 0.25) is 5.02 Å². The van der Waals surface area contributed by atoms with Gasteiger partial charge in [-0.15, -0.1) is 0 Å². The molecule has 0 bridgehead atoms. The fourth-order valence-electron chi connectivity index (χ4n) is 3.43. The van der Waals surface area contributed by atoms with Crippen molar-refractivity contribution in [2.75, 3.05) is 13.1 Å². The standard InChI is InChI=1S/C17H20ClNO4/c18-14-3-1-2-4-15(14)23-13-7-8-19(10-13)16(20)11-5-6-12(9-11)17(21)22/h1-4,11-13H,5-10H2,(H,21,22)/t11-,12+,13?/m0/s1. The summed E-state index contributed by atoms with van der Waals surface area (Å²) in [6, 6.07) is 7.31. The Morgan fingerprint density at radius 1 is 1.17 bits per heavy atom. The van der Waals surface area contributed by atoms with Gasteiger partial charge in [0.15, 0.2) is 0 Å². The van der Waals surface area contributed by atoms with E-state index < -0.39 is 5.97 Å². The van der Waals surface area contributed by atoms with Gasteiger partial charge in [0.05, 0.1) is 17.5 Å². The van der Waals surface area contributed by atoms with Gasteiger partial charge in [-0.3, -0.25) is 9.59 Å². The number of carbonyl (C=O) groups is 2. The Balaban J connectivity index is 1.54. The zero-order chi connectivity index (χ0) is 16.4. The number of halogens is 1. The van der Waals surface area contributed by atoms with Crippen molar-refractivity contribution in [3.8, 4) is 5.75 Å². The van der Waals surface area contributed by atoms with Crippen LogP contribution in [0.25, 0.3) is 0 Å². The molecule has 1 heterocycles. The first-order valence-electron chi connectivity index (χ1n) is 7.97. The molecule has 1 aliphatic heterocycles. The summed E-state index contributed by atoms with van der Waals surface area (Å²) in [6.07, 6.45) is 2.43. The van der Waals surface area contributed by atoms with Crippen LogP contribution in [0.15, 0.2) is 24.3 Å². The molecule has 3 atom stereocenters. The third-order valence-electron chi connectivity index (χ3n) is 4.72. The zero-order valence-electron chi connectivity index (χ0n) is 12.8. The lowest BCUT2D eigenvalue weighted by molar-refractivity contribution is -0.141. The summed E-state index contributed by atoms with van der Waals surface area (Å²) in [5, 5.41) is 9.62. The second-order valence-electron chi connectivity index (χ2n) is 6.29. The fourth-order valence-corrected chi connectivity index (χ4v) is 3.61. The van der Waals surface area contributed by atoms with Crippen LogP contribution in [0.3, 0.4) is 0 Å². The van der Waals surface area contributed by atoms with Gasteiger partial charge in [-0.1, -0.05) is 23.7 Å². The predicted octanol–water partition coefficient (Wildman–Crippen LogP) is 2.82. The third-order valence-corrected chi connectivity index (χ3v) is 5.03. The Morgan fingerprint density at radius 2 is 1.91 bits per heavy atom. The van der Waals surface area contributed by atoms with Crippen LogP contribution in [0, 0.1) is 11.8 Å². The number of carboxylic acids is 1. The molecule has 1 N–H and O–H groups in total. The van der Waals surface area contributed by atoms with Crippen LogP contribution in [-0.4, -0.2) is 41.1 Å². The van der Waals surface area contributed by atoms with Gasteiger partial charge in [-0.05, 0) is 31.4 Å². The molecule has 1 unspecified atom stereocenters. The van der Waals surface area contributed by atoms with Crippen molar-refractivity contribution in [2.24, 2.45) is 11.8 Å². The minimum absolute atomic E-state index is 0.0597. The van der Waals surface area contributed by atoms with E-state index >= 15 is 0 Å². The lowest BCUT2D eigenvalue weighted by atomic mass is 10.0. The number of hydrogen-bond acceptors (Lipinski definition) is 3. The van der Waals surface area contributed by atoms with Gasteiger partial charge >= 0.3 is 5.97 Å². The number of rotatable bonds is 4. The summed E-state index contributed by atoms with van der Waals surface area (Å²) < 4.78 is 5.89. The molecule has 124 valence electrons. The van der Waals surface area contributed by atoms with E-state index in [1.165, 1.54) is 0 Å². The molecule has 0 aromatic heterocycles. The summed E-state index contributed by atoms with van der Waals surface area (Å²) in [6.45, 7) is 1.19. The Bertz CT molecular complexity index is 606. The summed E-state index contributed by atoms with van der Waals surface area (Å²) in [4.78, 5) is 25.4. The Kier molecular flexibility index (Phi) is 4.76. The SMILES string of the molecule is O=C(O)[C@@H]1CC[C@H](C(=O)N2CCC(Oc3ccccc3Cl)C2)C1. The van der Waals surface area contributed by atoms with Gasteiger partial charge in [0, 0.05) is 18.9 Å². The normalized spacial score (nSPS) is 27.2. The first-order valence-corrected chi connectivity index (χ1v) is 8.35. The molecule has 3 rings (SSSR count). The number of carbonyl (C=O) groups excluding carboxylic acids is 1. The lowest BCUT2D eigenvalue weighted by Crippen LogP contribution is -2.35. The van der Waals surface area contributed by atoms with Gasteiger partial charge in [0.1, 0.15) is 11.9 Å². The van der Waals surface area contributed by atoms with E-state index in [1.54, 1.807) is 11.0 Å². The van der Waals surface area contributed by atoms with E-state index in [4.69, 9.17) is 21.4 Å². The predicted molar refractivity (Wildman–Crippen MR) is 85.5 cm³/mol. The van der Waals surface area contributed by atoms with Crippen molar-refractivity contribution in [2.45, 2.75) is 31.8 Å². The molecule has 2 fully saturated rings. The summed E-state index contributed by atoms with van der Waals surface area (Å²) >= 11 is 6.09. The van der Waals surface area contributed by atoms with Gasteiger partial charge in [-0.2, -0.15) is 0 Å². The van der Waals surface area contributed by atoms with E-state index in [1.807, 2.05) is 18.2 Å². The lowest BCUT2D eigenvalue weighted by Gasteiger charge is -2.21. The number of amides is 1. The summed E-state index contributed by atoms with van der Waals surface area (Å²) in [7, 11) is 0. The molecule has 1 aromatic rings. The van der Waals surface area contributed by atoms with Gasteiger partial charge in [0.2, 0.25) is 5.91 Å². The van der Waals surface area contributed by atoms with E-state index in [9.17, 15) is 9.59 Å². The van der Waals surface area contributed by atoms with Crippen LogP contribution in [0.1, 0.15) is 25.7 Å². The molecule has 1 saturated heterocycles. The highest BCUT2D eigenvalue weighted by Crippen LogP contribution is 2.33. The molecular formula is C17H20ClNO4. The van der Waals surface area contributed by atoms with Crippen LogP contribution >= 0.6 is 11.6 Å². The number of likely N-dealkylation sites (tertiary alicyclic amines) is 1. The Hall–Kier alpha value is -1.75. The van der Waals surface area contributed by atoms with Crippen molar-refractivity contribution < 1.29 is 19.4 Å². The van der Waals surface area contributed by atoms with Gasteiger partial charge < -0.3 is 14.7 Å². The van der Waals surface area contributed by atoms with Crippen molar-refractivity contribution in [1.29, 1.82) is 0 Å². The highest BCUT2D eigenvalue weighted by Gasteiger charge is 2.38. The molecule has 5 nitrogen and oxygen atoms in total. The van der Waals surface area contributed by atoms with E-state index in [2.05, 4.69) is 0 Å². The Labute approximate surface area is 140 Å². The molecule has 23 heavy (non-hydrogen) atoms. The number of aliphatic carboxylic acids is 1. The largest absolute Gasteiger partial charge is 0.487 e. The van der Waals surface area contributed by atoms with E-state index in [-0.39, 0.29) is 23.8 Å². The maximum absolute atomic E-state index is 12.5. The van der Waals surface area contributed by atoms with Crippen molar-refractivity contribution >= 4 is 23.5 Å². The summed E-state index contributed by atoms with van der Waals surface area (Å²) in [5.41, 5.74) is 0. The first kappa shape index (κ1) is 16.1. The second kappa shape index (κ2) is 6.79. The average Bonchev–Trinajstić information content (AvgIpc) is 3.18. The molecule has 0 radical (unpaired) electrons. The number of benzene rings is 1. The molecule has 1 amide bonds. The molecule has 6 heteroatoms. The fraction of sp³-hybridized carbons (Fsp3) is 0.529. The van der Waals surface area contributed by atoms with Crippen LogP contribution in [0.5, 0.6) is 5.75 Å². The molecular weight excluding hydrogens is 318 g/mol. The van der Waals surface area contributed by atoms with Crippen LogP contribution in [-0.2, 0) is 9.59 Å². The minimum Gasteiger partial charge on any atom is -0.487 e. The molecule has 0 spiro atoms. The Morgan fingerprint density at radius 3 is 2.61 bits per heavy atom. The third kappa shape index (κ3) is 3.61. The molecule has 2 aliphatic rings. The number of hydrogen-bond donors (Lipinski definition) is 1. The zero-order valence-corrected chi connectivity index (χ0v) is 13.5. The highest BCUT2D eigenvalue weighted by molar-refractivity contribution is 6.32. The van der Waals surface area contributed by atoms with Crippen molar-refractivity contribution in [3.05, 3.63) is 29.3 Å². The smallest absolute Gasteiger partial charge is 0.306 e. The topological polar surface area (TPSA) is 66.8 Å². The monoisotopic (exact) mass is 337 g/mol.